The van der Waals surface area contributed by atoms with Crippen molar-refractivity contribution in [2.24, 2.45) is 23.7 Å². The van der Waals surface area contributed by atoms with Crippen molar-refractivity contribution in [2.45, 2.75) is 130 Å². The van der Waals surface area contributed by atoms with E-state index in [-0.39, 0.29) is 23.9 Å². The van der Waals surface area contributed by atoms with Crippen LogP contribution in [0.5, 0.6) is 0 Å². The first-order chi connectivity index (χ1) is 14.3. The third-order valence-electron chi connectivity index (χ3n) is 6.57. The van der Waals surface area contributed by atoms with Gasteiger partial charge >= 0.3 is 11.9 Å². The van der Waals surface area contributed by atoms with E-state index >= 15 is 0 Å². The van der Waals surface area contributed by atoms with Crippen molar-refractivity contribution in [3.05, 3.63) is 0 Å². The molecule has 1 aliphatic carbocycles. The zero-order valence-electron chi connectivity index (χ0n) is 20.2. The van der Waals surface area contributed by atoms with Crippen LogP contribution in [-0.2, 0) is 14.3 Å². The fraction of sp³-hybridized carbons (Fsp3) is 0.923. The molecule has 4 nitrogen and oxygen atoms in total. The largest absolute Gasteiger partial charge is 0.481 e. The molecule has 1 aliphatic rings. The molecule has 1 unspecified atom stereocenters. The molecular weight excluding hydrogens is 376 g/mol. The Morgan fingerprint density at radius 2 is 1.17 bits per heavy atom. The lowest BCUT2D eigenvalue weighted by Gasteiger charge is -2.27. The maximum atomic E-state index is 12.6. The second-order valence-corrected chi connectivity index (χ2v) is 10.4. The molecule has 0 saturated heterocycles. The average molecular weight is 425 g/mol. The van der Waals surface area contributed by atoms with E-state index in [4.69, 9.17) is 9.84 Å². The number of carbonyl (C=O) groups is 2. The molecule has 1 rings (SSSR count). The van der Waals surface area contributed by atoms with Crippen molar-refractivity contribution in [2.75, 3.05) is 0 Å². The Balaban J connectivity index is 2.26. The maximum Gasteiger partial charge on any atom is 0.309 e. The highest BCUT2D eigenvalue weighted by Crippen LogP contribution is 2.30. The van der Waals surface area contributed by atoms with Crippen LogP contribution in [0.15, 0.2) is 0 Å². The number of aliphatic carboxylic acids is 1. The van der Waals surface area contributed by atoms with Gasteiger partial charge in [0.25, 0.3) is 0 Å². The van der Waals surface area contributed by atoms with Gasteiger partial charge in [-0.05, 0) is 63.2 Å². The van der Waals surface area contributed by atoms with E-state index < -0.39 is 5.97 Å². The highest BCUT2D eigenvalue weighted by molar-refractivity contribution is 5.74. The van der Waals surface area contributed by atoms with Gasteiger partial charge in [-0.15, -0.1) is 0 Å². The van der Waals surface area contributed by atoms with Crippen molar-refractivity contribution in [3.63, 3.8) is 0 Å². The van der Waals surface area contributed by atoms with E-state index in [1.165, 1.54) is 44.9 Å². The minimum atomic E-state index is -0.725. The van der Waals surface area contributed by atoms with Crippen LogP contribution in [0.3, 0.4) is 0 Å². The van der Waals surface area contributed by atoms with Crippen LogP contribution in [0.4, 0.5) is 0 Å². The Labute approximate surface area is 185 Å². The molecule has 0 amide bonds. The Hall–Kier alpha value is -1.06. The van der Waals surface area contributed by atoms with Gasteiger partial charge in [-0.25, -0.2) is 0 Å². The smallest absolute Gasteiger partial charge is 0.309 e. The summed E-state index contributed by atoms with van der Waals surface area (Å²) < 4.78 is 5.93. The van der Waals surface area contributed by atoms with Gasteiger partial charge < -0.3 is 9.84 Å². The number of unbranched alkanes of at least 4 members (excludes halogenated alkanes) is 6. The molecule has 176 valence electrons. The van der Waals surface area contributed by atoms with Gasteiger partial charge in [-0.3, -0.25) is 9.59 Å². The predicted molar refractivity (Wildman–Crippen MR) is 123 cm³/mol. The number of carbonyl (C=O) groups excluding carboxylic acids is 1. The zero-order valence-corrected chi connectivity index (χ0v) is 20.2. The second-order valence-electron chi connectivity index (χ2n) is 10.4. The Kier molecular flexibility index (Phi) is 14.1. The van der Waals surface area contributed by atoms with Crippen LogP contribution in [0.1, 0.15) is 124 Å². The van der Waals surface area contributed by atoms with Crippen LogP contribution in [0.25, 0.3) is 0 Å². The molecule has 1 fully saturated rings. The number of hydrogen-bond donors (Lipinski definition) is 1. The lowest BCUT2D eigenvalue weighted by atomic mass is 9.82. The molecule has 0 aromatic rings. The van der Waals surface area contributed by atoms with E-state index in [9.17, 15) is 9.59 Å². The molecule has 0 aliphatic heterocycles. The number of ether oxygens (including phenoxy) is 1. The van der Waals surface area contributed by atoms with Gasteiger partial charge in [0.2, 0.25) is 0 Å². The van der Waals surface area contributed by atoms with Crippen molar-refractivity contribution < 1.29 is 19.4 Å². The lowest BCUT2D eigenvalue weighted by Crippen LogP contribution is -2.30. The van der Waals surface area contributed by atoms with Gasteiger partial charge in [-0.1, -0.05) is 72.6 Å². The monoisotopic (exact) mass is 424 g/mol. The number of carboxylic acid groups (broad SMARTS) is 1. The summed E-state index contributed by atoms with van der Waals surface area (Å²) in [5.41, 5.74) is 0. The van der Waals surface area contributed by atoms with Crippen LogP contribution >= 0.6 is 0 Å². The van der Waals surface area contributed by atoms with Gasteiger partial charge in [0.15, 0.2) is 0 Å². The molecule has 0 heterocycles. The third kappa shape index (κ3) is 12.6. The maximum absolute atomic E-state index is 12.6. The van der Waals surface area contributed by atoms with Crippen molar-refractivity contribution in [3.8, 4) is 0 Å². The topological polar surface area (TPSA) is 63.6 Å². The van der Waals surface area contributed by atoms with Crippen LogP contribution in [0.2, 0.25) is 0 Å². The SMILES string of the molecule is CC(C)CCCCCCCCCC(CCC(C)C)OC(=O)C1CCC(C(=O)O)CC1. The summed E-state index contributed by atoms with van der Waals surface area (Å²) >= 11 is 0. The standard InChI is InChI=1S/C26H48O4/c1-20(2)12-10-8-6-5-7-9-11-13-24(19-14-21(3)4)30-26(29)23-17-15-22(16-18-23)25(27)28/h20-24H,5-19H2,1-4H3,(H,27,28). The molecule has 0 aromatic heterocycles. The summed E-state index contributed by atoms with van der Waals surface area (Å²) in [6.45, 7) is 9.02. The molecule has 0 spiro atoms. The van der Waals surface area contributed by atoms with E-state index in [0.717, 1.165) is 31.6 Å². The van der Waals surface area contributed by atoms with Crippen molar-refractivity contribution >= 4 is 11.9 Å². The van der Waals surface area contributed by atoms with E-state index in [0.29, 0.717) is 31.6 Å². The number of esters is 1. The van der Waals surface area contributed by atoms with E-state index in [1.807, 2.05) is 0 Å². The highest BCUT2D eigenvalue weighted by Gasteiger charge is 2.31. The first-order valence-corrected chi connectivity index (χ1v) is 12.7. The van der Waals surface area contributed by atoms with Crippen molar-refractivity contribution in [1.82, 2.24) is 0 Å². The number of hydrogen-bond acceptors (Lipinski definition) is 3. The Bertz CT molecular complexity index is 464. The molecule has 0 bridgehead atoms. The first-order valence-electron chi connectivity index (χ1n) is 12.7. The first kappa shape index (κ1) is 27.0. The average Bonchev–Trinajstić information content (AvgIpc) is 2.70. The molecule has 1 N–H and O–H groups in total. The normalized spacial score (nSPS) is 20.5. The summed E-state index contributed by atoms with van der Waals surface area (Å²) in [6.07, 6.45) is 15.9. The molecule has 0 aromatic carbocycles. The summed E-state index contributed by atoms with van der Waals surface area (Å²) in [6, 6.07) is 0. The summed E-state index contributed by atoms with van der Waals surface area (Å²) in [5.74, 6) is 0.240. The van der Waals surface area contributed by atoms with Crippen LogP contribution in [-0.4, -0.2) is 23.1 Å². The summed E-state index contributed by atoms with van der Waals surface area (Å²) in [7, 11) is 0. The minimum absolute atomic E-state index is 0.0307. The van der Waals surface area contributed by atoms with Gasteiger partial charge in [0.1, 0.15) is 6.10 Å². The summed E-state index contributed by atoms with van der Waals surface area (Å²) in [4.78, 5) is 23.8. The van der Waals surface area contributed by atoms with E-state index in [2.05, 4.69) is 27.7 Å². The quantitative estimate of drug-likeness (QED) is 0.207. The van der Waals surface area contributed by atoms with Crippen LogP contribution in [0, 0.1) is 23.7 Å². The Morgan fingerprint density at radius 1 is 0.700 bits per heavy atom. The van der Waals surface area contributed by atoms with Gasteiger partial charge in [0, 0.05) is 0 Å². The summed E-state index contributed by atoms with van der Waals surface area (Å²) in [5, 5.41) is 9.14. The van der Waals surface area contributed by atoms with Gasteiger partial charge in [-0.2, -0.15) is 0 Å². The van der Waals surface area contributed by atoms with Crippen molar-refractivity contribution in [1.29, 1.82) is 0 Å². The second kappa shape index (κ2) is 15.7. The molecule has 1 saturated carbocycles. The fourth-order valence-electron chi connectivity index (χ4n) is 4.43. The third-order valence-corrected chi connectivity index (χ3v) is 6.57. The van der Waals surface area contributed by atoms with Crippen LogP contribution < -0.4 is 0 Å². The highest BCUT2D eigenvalue weighted by atomic mass is 16.5. The predicted octanol–water partition coefficient (Wildman–Crippen LogP) is 7.39. The fourth-order valence-corrected chi connectivity index (χ4v) is 4.43. The molecule has 0 radical (unpaired) electrons. The molecule has 30 heavy (non-hydrogen) atoms. The minimum Gasteiger partial charge on any atom is -0.481 e. The van der Waals surface area contributed by atoms with E-state index in [1.54, 1.807) is 0 Å². The lowest BCUT2D eigenvalue weighted by molar-refractivity contribution is -0.158. The zero-order chi connectivity index (χ0) is 22.4. The molecule has 4 heteroatoms. The Morgan fingerprint density at radius 3 is 1.67 bits per heavy atom. The number of carboxylic acids is 1. The number of rotatable bonds is 16. The van der Waals surface area contributed by atoms with Gasteiger partial charge in [0.05, 0.1) is 11.8 Å². The molecular formula is C26H48O4. The molecule has 1 atom stereocenters.